The molecule has 1 unspecified atom stereocenters. The van der Waals surface area contributed by atoms with E-state index in [9.17, 15) is 9.50 Å². The van der Waals surface area contributed by atoms with E-state index < -0.39 is 6.10 Å². The molecule has 0 saturated carbocycles. The highest BCUT2D eigenvalue weighted by Crippen LogP contribution is 2.10. The van der Waals surface area contributed by atoms with Gasteiger partial charge in [0.25, 0.3) is 0 Å². The van der Waals surface area contributed by atoms with Gasteiger partial charge in [0.2, 0.25) is 0 Å². The summed E-state index contributed by atoms with van der Waals surface area (Å²) in [5.41, 5.74) is 0. The topological polar surface area (TPSA) is 50.7 Å². The van der Waals surface area contributed by atoms with Crippen LogP contribution in [-0.4, -0.2) is 44.1 Å². The molecule has 4 nitrogen and oxygen atoms in total. The molecule has 0 aliphatic heterocycles. The van der Waals surface area contributed by atoms with Crippen molar-refractivity contribution in [1.29, 1.82) is 0 Å². The van der Waals surface area contributed by atoms with Gasteiger partial charge in [-0.2, -0.15) is 0 Å². The van der Waals surface area contributed by atoms with Crippen LogP contribution in [-0.2, 0) is 4.74 Å². The van der Waals surface area contributed by atoms with Gasteiger partial charge in [0.1, 0.15) is 18.2 Å². The number of aliphatic hydroxyl groups is 1. The van der Waals surface area contributed by atoms with Crippen molar-refractivity contribution in [2.45, 2.75) is 6.10 Å². The standard InChI is InChI=1S/C14H20FNO3/c1-2-7-16-10-13(17)11-18-8-9-19-14-5-3-12(15)4-6-14/h2-6,13,16-17H,1,7-11H2. The summed E-state index contributed by atoms with van der Waals surface area (Å²) >= 11 is 0. The summed E-state index contributed by atoms with van der Waals surface area (Å²) in [5.74, 6) is 0.303. The maximum absolute atomic E-state index is 12.6. The van der Waals surface area contributed by atoms with Gasteiger partial charge in [-0.3, -0.25) is 0 Å². The quantitative estimate of drug-likeness (QED) is 0.497. The first-order chi connectivity index (χ1) is 9.22. The zero-order chi connectivity index (χ0) is 13.9. The zero-order valence-electron chi connectivity index (χ0n) is 10.8. The first-order valence-electron chi connectivity index (χ1n) is 6.18. The van der Waals surface area contributed by atoms with E-state index in [1.165, 1.54) is 12.1 Å². The van der Waals surface area contributed by atoms with Crippen LogP contribution in [0.4, 0.5) is 4.39 Å². The van der Waals surface area contributed by atoms with Crippen LogP contribution in [0.5, 0.6) is 5.75 Å². The molecular formula is C14H20FNO3. The predicted octanol–water partition coefficient (Wildman–Crippen LogP) is 1.36. The lowest BCUT2D eigenvalue weighted by atomic mass is 10.3. The molecule has 0 saturated heterocycles. The van der Waals surface area contributed by atoms with Crippen molar-refractivity contribution in [2.24, 2.45) is 0 Å². The van der Waals surface area contributed by atoms with E-state index in [1.54, 1.807) is 18.2 Å². The van der Waals surface area contributed by atoms with E-state index in [0.717, 1.165) is 0 Å². The summed E-state index contributed by atoms with van der Waals surface area (Å²) in [6, 6.07) is 5.79. The Bertz CT molecular complexity index is 356. The van der Waals surface area contributed by atoms with Crippen molar-refractivity contribution < 1.29 is 19.0 Å². The van der Waals surface area contributed by atoms with Gasteiger partial charge in [-0.05, 0) is 24.3 Å². The van der Waals surface area contributed by atoms with Crippen molar-refractivity contribution in [3.63, 3.8) is 0 Å². The predicted molar refractivity (Wildman–Crippen MR) is 71.8 cm³/mol. The average Bonchev–Trinajstić information content (AvgIpc) is 2.41. The number of hydrogen-bond acceptors (Lipinski definition) is 4. The molecule has 1 atom stereocenters. The smallest absolute Gasteiger partial charge is 0.123 e. The number of hydrogen-bond donors (Lipinski definition) is 2. The number of benzene rings is 1. The lowest BCUT2D eigenvalue weighted by Crippen LogP contribution is -2.30. The minimum atomic E-state index is -0.550. The second-order valence-corrected chi connectivity index (χ2v) is 3.98. The molecule has 0 aliphatic rings. The van der Waals surface area contributed by atoms with Crippen molar-refractivity contribution >= 4 is 0 Å². The van der Waals surface area contributed by atoms with Gasteiger partial charge >= 0.3 is 0 Å². The first-order valence-corrected chi connectivity index (χ1v) is 6.18. The molecule has 0 bridgehead atoms. The van der Waals surface area contributed by atoms with Crippen LogP contribution < -0.4 is 10.1 Å². The molecule has 1 aromatic rings. The summed E-state index contributed by atoms with van der Waals surface area (Å²) in [7, 11) is 0. The third kappa shape index (κ3) is 7.56. The number of ether oxygens (including phenoxy) is 2. The number of halogens is 1. The molecule has 0 radical (unpaired) electrons. The van der Waals surface area contributed by atoms with Gasteiger partial charge in [0.15, 0.2) is 0 Å². The third-order valence-electron chi connectivity index (χ3n) is 2.29. The van der Waals surface area contributed by atoms with Crippen molar-refractivity contribution in [1.82, 2.24) is 5.32 Å². The molecule has 0 fully saturated rings. The number of rotatable bonds is 10. The van der Waals surface area contributed by atoms with E-state index in [0.29, 0.717) is 32.1 Å². The zero-order valence-corrected chi connectivity index (χ0v) is 10.8. The van der Waals surface area contributed by atoms with Crippen molar-refractivity contribution in [2.75, 3.05) is 32.9 Å². The normalized spacial score (nSPS) is 12.1. The van der Waals surface area contributed by atoms with Crippen LogP contribution in [0, 0.1) is 5.82 Å². The summed E-state index contributed by atoms with van der Waals surface area (Å²) in [5, 5.41) is 12.5. The van der Waals surface area contributed by atoms with Crippen LogP contribution in [0.2, 0.25) is 0 Å². The van der Waals surface area contributed by atoms with Gasteiger partial charge in [0, 0.05) is 13.1 Å². The fourth-order valence-electron chi connectivity index (χ4n) is 1.38. The summed E-state index contributed by atoms with van der Waals surface area (Å²) in [6.45, 7) is 5.66. The second kappa shape index (κ2) is 9.49. The minimum absolute atomic E-state index is 0.247. The number of aliphatic hydroxyl groups excluding tert-OH is 1. The molecule has 0 amide bonds. The SMILES string of the molecule is C=CCNCC(O)COCCOc1ccc(F)cc1. The molecule has 0 aromatic heterocycles. The average molecular weight is 269 g/mol. The fourth-order valence-corrected chi connectivity index (χ4v) is 1.38. The van der Waals surface area contributed by atoms with E-state index in [1.807, 2.05) is 0 Å². The summed E-state index contributed by atoms with van der Waals surface area (Å²) < 4.78 is 23.2. The van der Waals surface area contributed by atoms with Crippen LogP contribution >= 0.6 is 0 Å². The maximum atomic E-state index is 12.6. The Kier molecular flexibility index (Phi) is 7.81. The second-order valence-electron chi connectivity index (χ2n) is 3.98. The Balaban J connectivity index is 2.01. The molecule has 1 rings (SSSR count). The minimum Gasteiger partial charge on any atom is -0.491 e. The summed E-state index contributed by atoms with van der Waals surface area (Å²) in [4.78, 5) is 0. The molecule has 106 valence electrons. The molecule has 2 N–H and O–H groups in total. The van der Waals surface area contributed by atoms with Gasteiger partial charge in [-0.15, -0.1) is 6.58 Å². The Hall–Kier alpha value is -1.43. The van der Waals surface area contributed by atoms with Crippen molar-refractivity contribution in [3.8, 4) is 5.75 Å². The summed E-state index contributed by atoms with van der Waals surface area (Å²) in [6.07, 6.45) is 1.18. The highest BCUT2D eigenvalue weighted by molar-refractivity contribution is 5.21. The molecule has 0 spiro atoms. The Morgan fingerprint density at radius 3 is 2.74 bits per heavy atom. The largest absolute Gasteiger partial charge is 0.491 e. The molecule has 0 aliphatic carbocycles. The van der Waals surface area contributed by atoms with E-state index >= 15 is 0 Å². The highest BCUT2D eigenvalue weighted by Gasteiger charge is 2.02. The van der Waals surface area contributed by atoms with E-state index in [2.05, 4.69) is 11.9 Å². The highest BCUT2D eigenvalue weighted by atomic mass is 19.1. The van der Waals surface area contributed by atoms with E-state index in [-0.39, 0.29) is 12.4 Å². The fraction of sp³-hybridized carbons (Fsp3) is 0.429. The lowest BCUT2D eigenvalue weighted by Gasteiger charge is -2.12. The molecule has 0 heterocycles. The van der Waals surface area contributed by atoms with Crippen LogP contribution in [0.1, 0.15) is 0 Å². The van der Waals surface area contributed by atoms with Gasteiger partial charge < -0.3 is 19.9 Å². The van der Waals surface area contributed by atoms with Crippen LogP contribution in [0.3, 0.4) is 0 Å². The Morgan fingerprint density at radius 1 is 1.32 bits per heavy atom. The molecule has 1 aromatic carbocycles. The Morgan fingerprint density at radius 2 is 2.05 bits per heavy atom. The third-order valence-corrected chi connectivity index (χ3v) is 2.29. The van der Waals surface area contributed by atoms with E-state index in [4.69, 9.17) is 9.47 Å². The van der Waals surface area contributed by atoms with Gasteiger partial charge in [0.05, 0.1) is 19.3 Å². The number of nitrogens with one attached hydrogen (secondary N) is 1. The van der Waals surface area contributed by atoms with Gasteiger partial charge in [-0.1, -0.05) is 6.08 Å². The van der Waals surface area contributed by atoms with Crippen LogP contribution in [0.15, 0.2) is 36.9 Å². The van der Waals surface area contributed by atoms with Crippen molar-refractivity contribution in [3.05, 3.63) is 42.7 Å². The molecular weight excluding hydrogens is 249 g/mol. The van der Waals surface area contributed by atoms with Gasteiger partial charge in [-0.25, -0.2) is 4.39 Å². The first kappa shape index (κ1) is 15.6. The monoisotopic (exact) mass is 269 g/mol. The lowest BCUT2D eigenvalue weighted by molar-refractivity contribution is 0.0255. The maximum Gasteiger partial charge on any atom is 0.123 e. The Labute approximate surface area is 112 Å². The molecule has 5 heteroatoms. The molecule has 19 heavy (non-hydrogen) atoms. The van der Waals surface area contributed by atoms with Crippen LogP contribution in [0.25, 0.3) is 0 Å².